The first-order valence-corrected chi connectivity index (χ1v) is 5.74. The first-order valence-electron chi connectivity index (χ1n) is 5.74. The van der Waals surface area contributed by atoms with E-state index in [4.69, 9.17) is 14.2 Å². The van der Waals surface area contributed by atoms with Gasteiger partial charge in [-0.25, -0.2) is 0 Å². The van der Waals surface area contributed by atoms with Gasteiger partial charge in [-0.2, -0.15) is 0 Å². The van der Waals surface area contributed by atoms with Crippen LogP contribution >= 0.6 is 0 Å². The lowest BCUT2D eigenvalue weighted by Gasteiger charge is -2.18. The Labute approximate surface area is 101 Å². The van der Waals surface area contributed by atoms with Crippen molar-refractivity contribution >= 4 is 0 Å². The van der Waals surface area contributed by atoms with Crippen LogP contribution in [0.1, 0.15) is 18.1 Å². The summed E-state index contributed by atoms with van der Waals surface area (Å²) in [6, 6.07) is 5.74. The van der Waals surface area contributed by atoms with Crippen LogP contribution in [0, 0.1) is 5.92 Å². The van der Waals surface area contributed by atoms with Crippen LogP contribution in [0.2, 0.25) is 0 Å². The van der Waals surface area contributed by atoms with Gasteiger partial charge in [0.05, 0.1) is 20.3 Å². The molecule has 1 aliphatic rings. The lowest BCUT2D eigenvalue weighted by Crippen LogP contribution is -2.11. The molecule has 0 unspecified atom stereocenters. The highest BCUT2D eigenvalue weighted by molar-refractivity contribution is 5.43. The number of ether oxygens (including phenoxy) is 3. The maximum atomic E-state index is 9.29. The number of rotatable bonds is 4. The molecule has 1 aliphatic heterocycles. The second kappa shape index (κ2) is 5.38. The summed E-state index contributed by atoms with van der Waals surface area (Å²) in [5, 5.41) is 9.29. The molecule has 1 aromatic carbocycles. The van der Waals surface area contributed by atoms with E-state index in [1.54, 1.807) is 14.2 Å². The maximum absolute atomic E-state index is 9.29. The van der Waals surface area contributed by atoms with E-state index in [9.17, 15) is 5.11 Å². The van der Waals surface area contributed by atoms with E-state index < -0.39 is 0 Å². The summed E-state index contributed by atoms with van der Waals surface area (Å²) in [5.41, 5.74) is 1.03. The fourth-order valence-corrected chi connectivity index (χ4v) is 2.22. The molecule has 1 aromatic rings. The number of methoxy groups -OCH3 is 2. The van der Waals surface area contributed by atoms with Crippen LogP contribution in [0.4, 0.5) is 0 Å². The van der Waals surface area contributed by atoms with Crippen LogP contribution in [0.15, 0.2) is 18.2 Å². The van der Waals surface area contributed by atoms with E-state index >= 15 is 0 Å². The van der Waals surface area contributed by atoms with Gasteiger partial charge in [-0.1, -0.05) is 6.07 Å². The van der Waals surface area contributed by atoms with Crippen molar-refractivity contribution in [3.63, 3.8) is 0 Å². The summed E-state index contributed by atoms with van der Waals surface area (Å²) in [5.74, 6) is 1.57. The summed E-state index contributed by atoms with van der Waals surface area (Å²) in [6.07, 6.45) is 0.856. The molecule has 1 N–H and O–H groups in total. The van der Waals surface area contributed by atoms with Crippen molar-refractivity contribution in [1.29, 1.82) is 0 Å². The summed E-state index contributed by atoms with van der Waals surface area (Å²) in [7, 11) is 3.22. The number of hydrogen-bond donors (Lipinski definition) is 1. The molecular formula is C13H18O4. The zero-order valence-corrected chi connectivity index (χ0v) is 10.2. The Morgan fingerprint density at radius 3 is 2.71 bits per heavy atom. The predicted octanol–water partition coefficient (Wildman–Crippen LogP) is 1.77. The van der Waals surface area contributed by atoms with Crippen molar-refractivity contribution in [2.75, 3.05) is 27.4 Å². The van der Waals surface area contributed by atoms with E-state index in [2.05, 4.69) is 0 Å². The molecule has 4 heteroatoms. The SMILES string of the molecule is COc1ccc([C@@H]2OCC[C@H]2CO)cc1OC. The molecule has 0 radical (unpaired) electrons. The van der Waals surface area contributed by atoms with Gasteiger partial charge in [-0.15, -0.1) is 0 Å². The topological polar surface area (TPSA) is 47.9 Å². The average molecular weight is 238 g/mol. The van der Waals surface area contributed by atoms with Crippen molar-refractivity contribution in [3.05, 3.63) is 23.8 Å². The third kappa shape index (κ3) is 2.37. The Bertz CT molecular complexity index is 378. The molecule has 2 rings (SSSR count). The predicted molar refractivity (Wildman–Crippen MR) is 63.4 cm³/mol. The quantitative estimate of drug-likeness (QED) is 0.868. The van der Waals surface area contributed by atoms with Crippen LogP contribution < -0.4 is 9.47 Å². The average Bonchev–Trinajstić information content (AvgIpc) is 2.86. The highest BCUT2D eigenvalue weighted by Crippen LogP contribution is 2.38. The zero-order valence-electron chi connectivity index (χ0n) is 10.2. The summed E-state index contributed by atoms with van der Waals surface area (Å²) in [4.78, 5) is 0. The molecular weight excluding hydrogens is 220 g/mol. The minimum Gasteiger partial charge on any atom is -0.493 e. The van der Waals surface area contributed by atoms with Gasteiger partial charge in [-0.05, 0) is 24.1 Å². The van der Waals surface area contributed by atoms with E-state index in [0.717, 1.165) is 12.0 Å². The number of hydrogen-bond acceptors (Lipinski definition) is 4. The van der Waals surface area contributed by atoms with Crippen molar-refractivity contribution in [2.45, 2.75) is 12.5 Å². The van der Waals surface area contributed by atoms with Crippen LogP contribution in [-0.2, 0) is 4.74 Å². The molecule has 0 bridgehead atoms. The molecule has 0 aromatic heterocycles. The summed E-state index contributed by atoms with van der Waals surface area (Å²) >= 11 is 0. The molecule has 4 nitrogen and oxygen atoms in total. The third-order valence-corrected chi connectivity index (χ3v) is 3.18. The molecule has 94 valence electrons. The van der Waals surface area contributed by atoms with Crippen LogP contribution in [0.5, 0.6) is 11.5 Å². The van der Waals surface area contributed by atoms with Gasteiger partial charge in [-0.3, -0.25) is 0 Å². The van der Waals surface area contributed by atoms with E-state index in [0.29, 0.717) is 18.1 Å². The summed E-state index contributed by atoms with van der Waals surface area (Å²) < 4.78 is 16.1. The number of aliphatic hydroxyl groups is 1. The normalized spacial score (nSPS) is 23.7. The Morgan fingerprint density at radius 2 is 2.06 bits per heavy atom. The summed E-state index contributed by atoms with van der Waals surface area (Å²) in [6.45, 7) is 0.850. The van der Waals surface area contributed by atoms with Crippen molar-refractivity contribution in [3.8, 4) is 11.5 Å². The Morgan fingerprint density at radius 1 is 1.29 bits per heavy atom. The fourth-order valence-electron chi connectivity index (χ4n) is 2.22. The van der Waals surface area contributed by atoms with Gasteiger partial charge in [0.15, 0.2) is 11.5 Å². The van der Waals surface area contributed by atoms with Crippen LogP contribution in [0.3, 0.4) is 0 Å². The third-order valence-electron chi connectivity index (χ3n) is 3.18. The molecule has 17 heavy (non-hydrogen) atoms. The molecule has 0 spiro atoms. The fraction of sp³-hybridized carbons (Fsp3) is 0.538. The molecule has 1 heterocycles. The van der Waals surface area contributed by atoms with E-state index in [1.165, 1.54) is 0 Å². The maximum Gasteiger partial charge on any atom is 0.161 e. The zero-order chi connectivity index (χ0) is 12.3. The van der Waals surface area contributed by atoms with Gasteiger partial charge in [0.1, 0.15) is 0 Å². The van der Waals surface area contributed by atoms with Gasteiger partial charge in [0.25, 0.3) is 0 Å². The first-order chi connectivity index (χ1) is 8.30. The van der Waals surface area contributed by atoms with Gasteiger partial charge >= 0.3 is 0 Å². The standard InChI is InChI=1S/C13H18O4/c1-15-11-4-3-9(7-12(11)16-2)13-10(8-14)5-6-17-13/h3-4,7,10,13-14H,5-6,8H2,1-2H3/t10-,13-/m0/s1. The van der Waals surface area contributed by atoms with E-state index in [1.807, 2.05) is 18.2 Å². The minimum atomic E-state index is -0.0418. The Hall–Kier alpha value is -1.26. The number of benzene rings is 1. The molecule has 1 fully saturated rings. The first kappa shape index (κ1) is 12.2. The second-order valence-electron chi connectivity index (χ2n) is 4.14. The Balaban J connectivity index is 2.26. The molecule has 2 atom stereocenters. The van der Waals surface area contributed by atoms with Gasteiger partial charge in [0.2, 0.25) is 0 Å². The Kier molecular flexibility index (Phi) is 3.86. The lowest BCUT2D eigenvalue weighted by molar-refractivity contribution is 0.0718. The van der Waals surface area contributed by atoms with Gasteiger partial charge in [0, 0.05) is 19.1 Å². The molecule has 0 saturated carbocycles. The smallest absolute Gasteiger partial charge is 0.161 e. The number of aliphatic hydroxyl groups excluding tert-OH is 1. The molecule has 1 saturated heterocycles. The molecule has 0 aliphatic carbocycles. The van der Waals surface area contributed by atoms with E-state index in [-0.39, 0.29) is 18.6 Å². The van der Waals surface area contributed by atoms with Crippen molar-refractivity contribution in [1.82, 2.24) is 0 Å². The van der Waals surface area contributed by atoms with Crippen molar-refractivity contribution < 1.29 is 19.3 Å². The van der Waals surface area contributed by atoms with Gasteiger partial charge < -0.3 is 19.3 Å². The molecule has 0 amide bonds. The highest BCUT2D eigenvalue weighted by Gasteiger charge is 2.29. The van der Waals surface area contributed by atoms with Crippen LogP contribution in [-0.4, -0.2) is 32.5 Å². The van der Waals surface area contributed by atoms with Crippen LogP contribution in [0.25, 0.3) is 0 Å². The lowest BCUT2D eigenvalue weighted by atomic mass is 9.96. The van der Waals surface area contributed by atoms with Crippen molar-refractivity contribution in [2.24, 2.45) is 5.92 Å². The largest absolute Gasteiger partial charge is 0.493 e. The second-order valence-corrected chi connectivity index (χ2v) is 4.14. The monoisotopic (exact) mass is 238 g/mol. The highest BCUT2D eigenvalue weighted by atomic mass is 16.5. The minimum absolute atomic E-state index is 0.0418.